The van der Waals surface area contributed by atoms with Crippen LogP contribution in [0, 0.1) is 12.8 Å². The van der Waals surface area contributed by atoms with Crippen LogP contribution in [0.2, 0.25) is 0 Å². The number of para-hydroxylation sites is 1. The summed E-state index contributed by atoms with van der Waals surface area (Å²) in [5.74, 6) is 1.45. The van der Waals surface area contributed by atoms with Gasteiger partial charge in [0.1, 0.15) is 5.75 Å². The van der Waals surface area contributed by atoms with Crippen molar-refractivity contribution in [1.29, 1.82) is 0 Å². The van der Waals surface area contributed by atoms with Gasteiger partial charge in [0.2, 0.25) is 0 Å². The van der Waals surface area contributed by atoms with Crippen molar-refractivity contribution < 1.29 is 4.74 Å². The molecule has 0 spiro atoms. The maximum atomic E-state index is 5.57. The van der Waals surface area contributed by atoms with E-state index in [1.807, 2.05) is 0 Å². The number of fused-ring (bicyclic) bond motifs is 3. The molecule has 0 radical (unpaired) electrons. The zero-order chi connectivity index (χ0) is 20.0. The van der Waals surface area contributed by atoms with Crippen molar-refractivity contribution >= 4 is 11.4 Å². The lowest BCUT2D eigenvalue weighted by Crippen LogP contribution is -2.38. The van der Waals surface area contributed by atoms with Gasteiger partial charge < -0.3 is 15.0 Å². The second-order valence-corrected chi connectivity index (χ2v) is 8.40. The van der Waals surface area contributed by atoms with Crippen LogP contribution in [0.25, 0.3) is 0 Å². The Balaban J connectivity index is 1.67. The van der Waals surface area contributed by atoms with Gasteiger partial charge in [-0.3, -0.25) is 0 Å². The van der Waals surface area contributed by atoms with Crippen molar-refractivity contribution in [3.05, 3.63) is 89.5 Å². The van der Waals surface area contributed by atoms with Gasteiger partial charge in [0.05, 0.1) is 19.2 Å². The Morgan fingerprint density at radius 3 is 2.45 bits per heavy atom. The van der Waals surface area contributed by atoms with Crippen LogP contribution in [0.4, 0.5) is 11.4 Å². The van der Waals surface area contributed by atoms with Crippen LogP contribution < -0.4 is 15.0 Å². The van der Waals surface area contributed by atoms with Crippen LogP contribution in [0.1, 0.15) is 42.1 Å². The van der Waals surface area contributed by atoms with Gasteiger partial charge in [0.15, 0.2) is 0 Å². The molecule has 2 aliphatic heterocycles. The van der Waals surface area contributed by atoms with Crippen LogP contribution in [-0.4, -0.2) is 13.2 Å². The Bertz CT molecular complexity index is 999. The van der Waals surface area contributed by atoms with E-state index in [1.165, 1.54) is 28.1 Å². The largest absolute Gasteiger partial charge is 0.497 e. The maximum Gasteiger partial charge on any atom is 0.119 e. The topological polar surface area (TPSA) is 24.5 Å². The molecule has 0 saturated carbocycles. The number of ether oxygens (including phenoxy) is 1. The number of rotatable bonds is 3. The predicted octanol–water partition coefficient (Wildman–Crippen LogP) is 6.13. The molecule has 29 heavy (non-hydrogen) atoms. The highest BCUT2D eigenvalue weighted by molar-refractivity contribution is 5.64. The molecule has 0 aromatic heterocycles. The molecular weight excluding hydrogens is 356 g/mol. The first-order chi connectivity index (χ1) is 14.2. The number of hydrogen-bond acceptors (Lipinski definition) is 3. The number of nitrogens with zero attached hydrogens (tertiary/aromatic N) is 1. The van der Waals surface area contributed by atoms with Gasteiger partial charge in [-0.05, 0) is 56.2 Å². The molecule has 1 fully saturated rings. The second-order valence-electron chi connectivity index (χ2n) is 8.40. The molecule has 0 bridgehead atoms. The lowest BCUT2D eigenvalue weighted by Gasteiger charge is -2.40. The third-order valence-electron chi connectivity index (χ3n) is 6.66. The van der Waals surface area contributed by atoms with Gasteiger partial charge in [0.25, 0.3) is 0 Å². The summed E-state index contributed by atoms with van der Waals surface area (Å²) in [6, 6.07) is 27.5. The summed E-state index contributed by atoms with van der Waals surface area (Å²) in [7, 11) is 1.75. The van der Waals surface area contributed by atoms with E-state index < -0.39 is 0 Å². The van der Waals surface area contributed by atoms with Crippen molar-refractivity contribution in [2.45, 2.75) is 38.4 Å². The molecule has 3 aromatic carbocycles. The summed E-state index contributed by atoms with van der Waals surface area (Å²) < 4.78 is 5.57. The lowest BCUT2D eigenvalue weighted by atomic mass is 9.83. The van der Waals surface area contributed by atoms with E-state index in [9.17, 15) is 0 Å². The van der Waals surface area contributed by atoms with E-state index in [0.717, 1.165) is 12.2 Å². The smallest absolute Gasteiger partial charge is 0.119 e. The van der Waals surface area contributed by atoms with Crippen molar-refractivity contribution in [1.82, 2.24) is 0 Å². The Morgan fingerprint density at radius 1 is 0.966 bits per heavy atom. The Hall–Kier alpha value is -2.94. The van der Waals surface area contributed by atoms with E-state index in [-0.39, 0.29) is 0 Å². The predicted molar refractivity (Wildman–Crippen MR) is 120 cm³/mol. The van der Waals surface area contributed by atoms with E-state index in [2.05, 4.69) is 96.9 Å². The molecule has 148 valence electrons. The Labute approximate surface area is 173 Å². The molecule has 2 heterocycles. The highest BCUT2D eigenvalue weighted by Crippen LogP contribution is 2.55. The van der Waals surface area contributed by atoms with Crippen LogP contribution in [0.15, 0.2) is 72.8 Å². The summed E-state index contributed by atoms with van der Waals surface area (Å²) in [4.78, 5) is 2.64. The summed E-state index contributed by atoms with van der Waals surface area (Å²) in [6.45, 7) is 4.48. The fourth-order valence-electron chi connectivity index (χ4n) is 5.18. The minimum Gasteiger partial charge on any atom is -0.497 e. The molecule has 3 heteroatoms. The number of anilines is 2. The number of aryl methyl sites for hydroxylation is 1. The van der Waals surface area contributed by atoms with E-state index in [1.54, 1.807) is 7.11 Å². The first-order valence-corrected chi connectivity index (χ1v) is 10.5. The van der Waals surface area contributed by atoms with E-state index >= 15 is 0 Å². The molecule has 1 N–H and O–H groups in total. The first-order valence-electron chi connectivity index (χ1n) is 10.5. The minimum absolute atomic E-state index is 0.324. The van der Waals surface area contributed by atoms with Gasteiger partial charge >= 0.3 is 0 Å². The maximum absolute atomic E-state index is 5.57. The number of hydrogen-bond donors (Lipinski definition) is 1. The highest BCUT2D eigenvalue weighted by atomic mass is 16.5. The average Bonchev–Trinajstić information content (AvgIpc) is 3.16. The van der Waals surface area contributed by atoms with Crippen molar-refractivity contribution in [3.63, 3.8) is 0 Å². The third-order valence-corrected chi connectivity index (χ3v) is 6.66. The van der Waals surface area contributed by atoms with Crippen LogP contribution >= 0.6 is 0 Å². The summed E-state index contributed by atoms with van der Waals surface area (Å²) in [5.41, 5.74) is 6.55. The van der Waals surface area contributed by atoms with E-state index in [4.69, 9.17) is 4.74 Å². The van der Waals surface area contributed by atoms with Gasteiger partial charge in [-0.25, -0.2) is 0 Å². The molecule has 5 rings (SSSR count). The summed E-state index contributed by atoms with van der Waals surface area (Å²) in [5, 5.41) is 3.75. The van der Waals surface area contributed by atoms with Crippen molar-refractivity contribution in [3.8, 4) is 5.75 Å². The normalized spacial score (nSPS) is 25.1. The summed E-state index contributed by atoms with van der Waals surface area (Å²) in [6.07, 6.45) is 1.13. The number of methoxy groups -OCH3 is 1. The van der Waals surface area contributed by atoms with Gasteiger partial charge in [0, 0.05) is 28.9 Å². The molecule has 0 amide bonds. The SMILES string of the molecule is COc1ccc2c(c1)[C@H]1[C@H](CC(c3ccc(C)cc3)N1c1ccccc1)[C@H](C)N2. The lowest BCUT2D eigenvalue weighted by molar-refractivity contribution is 0.401. The number of benzene rings is 3. The molecule has 3 nitrogen and oxygen atoms in total. The van der Waals surface area contributed by atoms with Gasteiger partial charge in [-0.1, -0.05) is 48.0 Å². The number of nitrogens with one attached hydrogen (secondary N) is 1. The van der Waals surface area contributed by atoms with Crippen LogP contribution in [-0.2, 0) is 0 Å². The molecule has 1 unspecified atom stereocenters. The molecule has 2 aliphatic rings. The Kier molecular flexibility index (Phi) is 4.46. The summed E-state index contributed by atoms with van der Waals surface area (Å²) >= 11 is 0. The fourth-order valence-corrected chi connectivity index (χ4v) is 5.18. The highest BCUT2D eigenvalue weighted by Gasteiger charge is 2.48. The van der Waals surface area contributed by atoms with E-state index in [0.29, 0.717) is 24.0 Å². The average molecular weight is 385 g/mol. The quantitative estimate of drug-likeness (QED) is 0.588. The molecule has 0 aliphatic carbocycles. The molecule has 4 atom stereocenters. The molecular formula is C26H28N2O. The zero-order valence-electron chi connectivity index (χ0n) is 17.3. The van der Waals surface area contributed by atoms with Crippen LogP contribution in [0.3, 0.4) is 0 Å². The molecule has 3 aromatic rings. The van der Waals surface area contributed by atoms with Crippen molar-refractivity contribution in [2.75, 3.05) is 17.3 Å². The molecule has 1 saturated heterocycles. The van der Waals surface area contributed by atoms with Crippen molar-refractivity contribution in [2.24, 2.45) is 5.92 Å². The second kappa shape index (κ2) is 7.14. The standard InChI is InChI=1S/C26H28N2O/c1-17-9-11-19(12-10-17)25-16-22-18(2)27-24-14-13-21(29-3)15-23(24)26(22)28(25)20-7-5-4-6-8-20/h4-15,18,22,25-27H,16H2,1-3H3/t18-,22+,25?,26+/m0/s1. The zero-order valence-corrected chi connectivity index (χ0v) is 17.3. The first kappa shape index (κ1) is 18.1. The van der Waals surface area contributed by atoms with Gasteiger partial charge in [-0.2, -0.15) is 0 Å². The monoisotopic (exact) mass is 384 g/mol. The van der Waals surface area contributed by atoms with Gasteiger partial charge in [-0.15, -0.1) is 0 Å². The fraction of sp³-hybridized carbons (Fsp3) is 0.308. The minimum atomic E-state index is 0.324. The third kappa shape index (κ3) is 3.05. The Morgan fingerprint density at radius 2 is 1.72 bits per heavy atom. The van der Waals surface area contributed by atoms with Crippen LogP contribution in [0.5, 0.6) is 5.75 Å².